The van der Waals surface area contributed by atoms with Gasteiger partial charge in [-0.1, -0.05) is 0 Å². The van der Waals surface area contributed by atoms with Crippen molar-refractivity contribution in [2.75, 3.05) is 32.8 Å². The zero-order valence-corrected chi connectivity index (χ0v) is 10.4. The van der Waals surface area contributed by atoms with Gasteiger partial charge in [-0.2, -0.15) is 5.26 Å². The highest BCUT2D eigenvalue weighted by molar-refractivity contribution is 5.34. The summed E-state index contributed by atoms with van der Waals surface area (Å²) >= 11 is 0. The molecule has 1 N–H and O–H groups in total. The van der Waals surface area contributed by atoms with Gasteiger partial charge < -0.3 is 9.84 Å². The first-order chi connectivity index (χ1) is 8.81. The summed E-state index contributed by atoms with van der Waals surface area (Å²) in [4.78, 5) is 2.31. The maximum atomic E-state index is 9.05. The molecule has 1 atom stereocenters. The minimum Gasteiger partial charge on any atom is -0.492 e. The van der Waals surface area contributed by atoms with Crippen LogP contribution in [0.1, 0.15) is 12.0 Å². The molecular weight excluding hydrogens is 228 g/mol. The third-order valence-electron chi connectivity index (χ3n) is 3.29. The molecule has 2 rings (SSSR count). The molecule has 0 aromatic heterocycles. The molecule has 1 aliphatic heterocycles. The monoisotopic (exact) mass is 246 g/mol. The predicted molar refractivity (Wildman–Crippen MR) is 68.3 cm³/mol. The molecule has 1 aromatic rings. The van der Waals surface area contributed by atoms with Crippen LogP contribution in [-0.4, -0.2) is 42.9 Å². The molecule has 1 aromatic carbocycles. The van der Waals surface area contributed by atoms with E-state index in [0.717, 1.165) is 31.8 Å². The fourth-order valence-corrected chi connectivity index (χ4v) is 2.18. The van der Waals surface area contributed by atoms with Crippen LogP contribution in [0.25, 0.3) is 0 Å². The summed E-state index contributed by atoms with van der Waals surface area (Å²) in [6.45, 7) is 3.82. The summed E-state index contributed by atoms with van der Waals surface area (Å²) < 4.78 is 5.62. The third-order valence-corrected chi connectivity index (χ3v) is 3.29. The molecule has 4 nitrogen and oxygen atoms in total. The summed E-state index contributed by atoms with van der Waals surface area (Å²) in [5.41, 5.74) is 0.646. The van der Waals surface area contributed by atoms with E-state index in [1.807, 2.05) is 12.1 Å². The van der Waals surface area contributed by atoms with Gasteiger partial charge in [0.2, 0.25) is 0 Å². The molecule has 1 fully saturated rings. The second-order valence-corrected chi connectivity index (χ2v) is 4.62. The number of ether oxygens (including phenoxy) is 1. The van der Waals surface area contributed by atoms with Gasteiger partial charge in [-0.25, -0.2) is 0 Å². The Kier molecular flexibility index (Phi) is 4.57. The summed E-state index contributed by atoms with van der Waals surface area (Å²) in [6.07, 6.45) is 1.08. The average molecular weight is 246 g/mol. The van der Waals surface area contributed by atoms with Crippen molar-refractivity contribution in [3.05, 3.63) is 29.8 Å². The molecule has 0 saturated carbocycles. The minimum atomic E-state index is 0.285. The SMILES string of the molecule is N#Cc1ccc(OCCN2CCC(CO)C2)cc1. The number of aliphatic hydroxyl groups is 1. The van der Waals surface area contributed by atoms with Crippen molar-refractivity contribution < 1.29 is 9.84 Å². The van der Waals surface area contributed by atoms with E-state index in [1.165, 1.54) is 0 Å². The smallest absolute Gasteiger partial charge is 0.119 e. The van der Waals surface area contributed by atoms with Gasteiger partial charge >= 0.3 is 0 Å². The first-order valence-corrected chi connectivity index (χ1v) is 6.28. The maximum Gasteiger partial charge on any atom is 0.119 e. The molecule has 4 heteroatoms. The number of nitriles is 1. The zero-order valence-electron chi connectivity index (χ0n) is 10.4. The van der Waals surface area contributed by atoms with Crippen molar-refractivity contribution in [2.45, 2.75) is 6.42 Å². The van der Waals surface area contributed by atoms with Crippen LogP contribution in [0.2, 0.25) is 0 Å². The largest absolute Gasteiger partial charge is 0.492 e. The van der Waals surface area contributed by atoms with Crippen molar-refractivity contribution in [2.24, 2.45) is 5.92 Å². The van der Waals surface area contributed by atoms with E-state index in [-0.39, 0.29) is 6.61 Å². The molecular formula is C14H18N2O2. The van der Waals surface area contributed by atoms with Gasteiger partial charge in [-0.3, -0.25) is 4.90 Å². The molecule has 18 heavy (non-hydrogen) atoms. The van der Waals surface area contributed by atoms with E-state index < -0.39 is 0 Å². The molecule has 0 amide bonds. The van der Waals surface area contributed by atoms with E-state index in [0.29, 0.717) is 18.1 Å². The number of hydrogen-bond donors (Lipinski definition) is 1. The highest BCUT2D eigenvalue weighted by Crippen LogP contribution is 2.15. The molecule has 0 spiro atoms. The number of hydrogen-bond acceptors (Lipinski definition) is 4. The molecule has 1 aliphatic rings. The fourth-order valence-electron chi connectivity index (χ4n) is 2.18. The summed E-state index contributed by atoms with van der Waals surface area (Å²) in [6, 6.07) is 9.23. The van der Waals surface area contributed by atoms with Crippen LogP contribution in [0, 0.1) is 17.2 Å². The highest BCUT2D eigenvalue weighted by atomic mass is 16.5. The molecule has 1 saturated heterocycles. The first-order valence-electron chi connectivity index (χ1n) is 6.28. The van der Waals surface area contributed by atoms with E-state index >= 15 is 0 Å². The Labute approximate surface area is 107 Å². The van der Waals surface area contributed by atoms with Gasteiger partial charge in [0.1, 0.15) is 12.4 Å². The molecule has 0 radical (unpaired) electrons. The van der Waals surface area contributed by atoms with Crippen LogP contribution < -0.4 is 4.74 Å². The van der Waals surface area contributed by atoms with Gasteiger partial charge in [0.05, 0.1) is 11.6 Å². The van der Waals surface area contributed by atoms with Gasteiger partial charge in [0.25, 0.3) is 0 Å². The van der Waals surface area contributed by atoms with Gasteiger partial charge in [-0.05, 0) is 43.1 Å². The van der Waals surface area contributed by atoms with Crippen LogP contribution >= 0.6 is 0 Å². The Balaban J connectivity index is 1.70. The molecule has 1 heterocycles. The van der Waals surface area contributed by atoms with Crippen molar-refractivity contribution >= 4 is 0 Å². The lowest BCUT2D eigenvalue weighted by Gasteiger charge is -2.15. The molecule has 0 bridgehead atoms. The normalized spacial score (nSPS) is 19.7. The highest BCUT2D eigenvalue weighted by Gasteiger charge is 2.20. The zero-order chi connectivity index (χ0) is 12.8. The number of rotatable bonds is 5. The summed E-state index contributed by atoms with van der Waals surface area (Å²) in [5, 5.41) is 17.7. The van der Waals surface area contributed by atoms with Crippen molar-refractivity contribution in [1.29, 1.82) is 5.26 Å². The number of nitrogens with zero attached hydrogens (tertiary/aromatic N) is 2. The van der Waals surface area contributed by atoms with Crippen LogP contribution in [0.5, 0.6) is 5.75 Å². The quantitative estimate of drug-likeness (QED) is 0.849. The van der Waals surface area contributed by atoms with Crippen molar-refractivity contribution in [3.63, 3.8) is 0 Å². The number of likely N-dealkylation sites (tertiary alicyclic amines) is 1. The summed E-state index contributed by atoms with van der Waals surface area (Å²) in [5.74, 6) is 1.23. The lowest BCUT2D eigenvalue weighted by atomic mass is 10.1. The first kappa shape index (κ1) is 12.9. The van der Waals surface area contributed by atoms with Crippen molar-refractivity contribution in [1.82, 2.24) is 4.90 Å². The van der Waals surface area contributed by atoms with Gasteiger partial charge in [-0.15, -0.1) is 0 Å². The van der Waals surface area contributed by atoms with Gasteiger partial charge in [0.15, 0.2) is 0 Å². The Bertz CT molecular complexity index is 411. The van der Waals surface area contributed by atoms with E-state index in [9.17, 15) is 0 Å². The van der Waals surface area contributed by atoms with Crippen LogP contribution in [0.15, 0.2) is 24.3 Å². The lowest BCUT2D eigenvalue weighted by Crippen LogP contribution is -2.26. The van der Waals surface area contributed by atoms with E-state index in [4.69, 9.17) is 15.1 Å². The van der Waals surface area contributed by atoms with Crippen LogP contribution in [-0.2, 0) is 0 Å². The van der Waals surface area contributed by atoms with Crippen LogP contribution in [0.3, 0.4) is 0 Å². The Morgan fingerprint density at radius 3 is 2.78 bits per heavy atom. The Morgan fingerprint density at radius 2 is 2.17 bits per heavy atom. The molecule has 1 unspecified atom stereocenters. The minimum absolute atomic E-state index is 0.285. The average Bonchev–Trinajstić information content (AvgIpc) is 2.87. The number of aliphatic hydroxyl groups excluding tert-OH is 1. The van der Waals surface area contributed by atoms with E-state index in [1.54, 1.807) is 12.1 Å². The second-order valence-electron chi connectivity index (χ2n) is 4.62. The Morgan fingerprint density at radius 1 is 1.39 bits per heavy atom. The Hall–Kier alpha value is -1.57. The standard InChI is InChI=1S/C14H18N2O2/c15-9-12-1-3-14(4-2-12)18-8-7-16-6-5-13(10-16)11-17/h1-4,13,17H,5-8,10-11H2. The fraction of sp³-hybridized carbons (Fsp3) is 0.500. The van der Waals surface area contributed by atoms with E-state index in [2.05, 4.69) is 11.0 Å². The van der Waals surface area contributed by atoms with Crippen molar-refractivity contribution in [3.8, 4) is 11.8 Å². The van der Waals surface area contributed by atoms with Gasteiger partial charge in [0, 0.05) is 19.7 Å². The number of benzene rings is 1. The predicted octanol–water partition coefficient (Wildman–Crippen LogP) is 1.25. The third kappa shape index (κ3) is 3.46. The molecule has 96 valence electrons. The summed E-state index contributed by atoms with van der Waals surface area (Å²) in [7, 11) is 0. The lowest BCUT2D eigenvalue weighted by molar-refractivity contribution is 0.204. The second kappa shape index (κ2) is 6.39. The van der Waals surface area contributed by atoms with Crippen LogP contribution in [0.4, 0.5) is 0 Å². The maximum absolute atomic E-state index is 9.05. The molecule has 0 aliphatic carbocycles. The topological polar surface area (TPSA) is 56.5 Å².